The van der Waals surface area contributed by atoms with Crippen LogP contribution in [0.3, 0.4) is 0 Å². The van der Waals surface area contributed by atoms with E-state index in [1.165, 1.54) is 7.05 Å². The van der Waals surface area contributed by atoms with Crippen LogP contribution >= 0.6 is 0 Å². The summed E-state index contributed by atoms with van der Waals surface area (Å²) in [5, 5.41) is 8.87. The van der Waals surface area contributed by atoms with Crippen LogP contribution in [0, 0.1) is 0 Å². The van der Waals surface area contributed by atoms with E-state index in [1.54, 1.807) is 0 Å². The average molecular weight is 606 g/mol. The first-order valence-corrected chi connectivity index (χ1v) is 11.5. The number of alkyl halides is 13. The summed E-state index contributed by atoms with van der Waals surface area (Å²) in [6.45, 7) is -0.577. The van der Waals surface area contributed by atoms with Gasteiger partial charge in [-0.15, -0.1) is 0 Å². The number of likely N-dealkylation sites (N-methyl/N-ethyl adjacent to an activating group) is 1. The van der Waals surface area contributed by atoms with Gasteiger partial charge < -0.3 is 14.3 Å². The quantitative estimate of drug-likeness (QED) is 0.0833. The highest BCUT2D eigenvalue weighted by Crippen LogP contribution is 2.60. The summed E-state index contributed by atoms with van der Waals surface area (Å²) < 4.78 is 175. The Hall–Kier alpha value is -2.01. The van der Waals surface area contributed by atoms with Crippen molar-refractivity contribution >= 4 is 11.9 Å². The first-order valence-electron chi connectivity index (χ1n) is 11.5. The largest absolute Gasteiger partial charge is 0.481 e. The Balaban J connectivity index is 5.48. The zero-order valence-corrected chi connectivity index (χ0v) is 20.8. The minimum atomic E-state index is -8.00. The number of nitrogens with zero attached hydrogens (tertiary/aromatic N) is 1. The molecule has 0 bridgehead atoms. The van der Waals surface area contributed by atoms with E-state index in [0.29, 0.717) is 12.8 Å². The molecule has 1 unspecified atom stereocenters. The van der Waals surface area contributed by atoms with Crippen molar-refractivity contribution in [2.45, 2.75) is 87.7 Å². The van der Waals surface area contributed by atoms with Gasteiger partial charge in [-0.2, -0.15) is 57.1 Å². The third-order valence-corrected chi connectivity index (χ3v) is 5.86. The van der Waals surface area contributed by atoms with Crippen LogP contribution in [0.15, 0.2) is 0 Å². The summed E-state index contributed by atoms with van der Waals surface area (Å²) in [7, 11) is 1.39. The molecule has 5 nitrogen and oxygen atoms in total. The normalized spacial score (nSPS) is 15.7. The number of carboxylic acid groups (broad SMARTS) is 1. The number of carboxylic acids is 1. The van der Waals surface area contributed by atoms with E-state index >= 15 is 0 Å². The molecule has 39 heavy (non-hydrogen) atoms. The molecule has 0 radical (unpaired) electrons. The number of esters is 1. The van der Waals surface area contributed by atoms with E-state index in [9.17, 15) is 66.7 Å². The molecule has 0 saturated carbocycles. The fourth-order valence-corrected chi connectivity index (χ4v) is 3.34. The molecule has 0 spiro atoms. The summed E-state index contributed by atoms with van der Waals surface area (Å²) in [5.41, 5.74) is 0. The van der Waals surface area contributed by atoms with Gasteiger partial charge in [-0.05, 0) is 12.8 Å². The first kappa shape index (κ1) is 37.0. The molecule has 18 heteroatoms. The van der Waals surface area contributed by atoms with Crippen LogP contribution in [0.2, 0.25) is 0 Å². The Kier molecular flexibility index (Phi) is 12.4. The Morgan fingerprint density at radius 3 is 1.67 bits per heavy atom. The summed E-state index contributed by atoms with van der Waals surface area (Å²) >= 11 is 0. The number of rotatable bonds is 18. The SMILES string of the molecule is CCCCCCC[N+](C)(CCC(=O)O)CC(=O)OCCC(F)(F)C(F)(F)C(F)(F)C(F)(F)C(F)(F)C(F)(F)F. The number of ether oxygens (including phenoxy) is 1. The molecule has 0 aromatic carbocycles. The van der Waals surface area contributed by atoms with Gasteiger partial charge in [-0.3, -0.25) is 4.79 Å². The highest BCUT2D eigenvalue weighted by atomic mass is 19.4. The van der Waals surface area contributed by atoms with Gasteiger partial charge in [0, 0.05) is 0 Å². The minimum Gasteiger partial charge on any atom is -0.481 e. The molecule has 0 aromatic rings. The molecule has 0 aliphatic carbocycles. The van der Waals surface area contributed by atoms with Crippen LogP contribution < -0.4 is 0 Å². The Labute approximate surface area is 214 Å². The molecule has 0 fully saturated rings. The Morgan fingerprint density at radius 2 is 1.21 bits per heavy atom. The molecule has 0 aromatic heterocycles. The molecule has 0 aliphatic heterocycles. The number of quaternary nitrogens is 1. The Morgan fingerprint density at radius 1 is 0.718 bits per heavy atom. The molecular weight excluding hydrogens is 577 g/mol. The smallest absolute Gasteiger partial charge is 0.460 e. The first-order chi connectivity index (χ1) is 17.3. The number of aliphatic carboxylic acids is 1. The topological polar surface area (TPSA) is 63.6 Å². The van der Waals surface area contributed by atoms with E-state index < -0.39 is 73.7 Å². The zero-order valence-electron chi connectivity index (χ0n) is 20.8. The summed E-state index contributed by atoms with van der Waals surface area (Å²) in [5.74, 6) is -40.2. The third kappa shape index (κ3) is 8.74. The summed E-state index contributed by atoms with van der Waals surface area (Å²) in [6.07, 6.45) is -6.84. The van der Waals surface area contributed by atoms with Crippen molar-refractivity contribution in [3.63, 3.8) is 0 Å². The molecule has 0 amide bonds. The van der Waals surface area contributed by atoms with Crippen LogP contribution in [-0.4, -0.2) is 90.6 Å². The second kappa shape index (κ2) is 13.1. The highest BCUT2D eigenvalue weighted by Gasteiger charge is 2.90. The number of halogens is 13. The predicted octanol–water partition coefficient (Wildman–Crippen LogP) is 6.55. The van der Waals surface area contributed by atoms with E-state index in [4.69, 9.17) is 5.11 Å². The second-order valence-corrected chi connectivity index (χ2v) is 9.25. The molecule has 0 saturated heterocycles. The van der Waals surface area contributed by atoms with Gasteiger partial charge in [0.1, 0.15) is 0 Å². The maximum Gasteiger partial charge on any atom is 0.460 e. The van der Waals surface area contributed by atoms with Crippen molar-refractivity contribution < 1.29 is 81.0 Å². The lowest BCUT2D eigenvalue weighted by Gasteiger charge is -2.39. The van der Waals surface area contributed by atoms with Crippen molar-refractivity contribution in [3.8, 4) is 0 Å². The van der Waals surface area contributed by atoms with Gasteiger partial charge in [0.2, 0.25) is 0 Å². The monoisotopic (exact) mass is 606 g/mol. The van der Waals surface area contributed by atoms with Crippen molar-refractivity contribution in [2.75, 3.05) is 33.3 Å². The molecule has 0 rings (SSSR count). The average Bonchev–Trinajstić information content (AvgIpc) is 2.76. The third-order valence-electron chi connectivity index (χ3n) is 5.86. The number of hydrogen-bond donors (Lipinski definition) is 1. The van der Waals surface area contributed by atoms with Gasteiger partial charge in [-0.25, -0.2) is 4.79 Å². The number of unbranched alkanes of at least 4 members (excludes halogenated alkanes) is 4. The van der Waals surface area contributed by atoms with Crippen LogP contribution in [0.1, 0.15) is 51.9 Å². The lowest BCUT2D eigenvalue weighted by Crippen LogP contribution is -2.70. The predicted molar refractivity (Wildman–Crippen MR) is 108 cm³/mol. The van der Waals surface area contributed by atoms with Crippen molar-refractivity contribution in [3.05, 3.63) is 0 Å². The highest BCUT2D eigenvalue weighted by molar-refractivity contribution is 5.70. The standard InChI is InChI=1S/C21H28F13NO4/c1-3-4-5-6-7-10-35(2,11-8-14(36)37)13-15(38)39-12-9-16(22,23)17(24,25)18(26,27)19(28,29)20(30,31)21(32,33)34/h3-13H2,1-2H3/p+1. The molecule has 232 valence electrons. The van der Waals surface area contributed by atoms with Gasteiger partial charge >= 0.3 is 47.7 Å². The number of carbonyl (C=O) groups excluding carboxylic acids is 1. The maximum atomic E-state index is 13.8. The van der Waals surface area contributed by atoms with Crippen LogP contribution in [-0.2, 0) is 14.3 Å². The van der Waals surface area contributed by atoms with E-state index in [-0.39, 0.29) is 17.6 Å². The van der Waals surface area contributed by atoms with Crippen LogP contribution in [0.25, 0.3) is 0 Å². The van der Waals surface area contributed by atoms with Crippen LogP contribution in [0.4, 0.5) is 57.1 Å². The molecule has 1 N–H and O–H groups in total. The molecular formula is C21H29F13NO4+. The lowest BCUT2D eigenvalue weighted by atomic mass is 9.93. The maximum absolute atomic E-state index is 13.8. The fourth-order valence-electron chi connectivity index (χ4n) is 3.34. The molecule has 1 atom stereocenters. The van der Waals surface area contributed by atoms with Gasteiger partial charge in [0.05, 0.1) is 39.6 Å². The minimum absolute atomic E-state index is 0.166. The van der Waals surface area contributed by atoms with Crippen molar-refractivity contribution in [1.29, 1.82) is 0 Å². The van der Waals surface area contributed by atoms with Gasteiger partial charge in [-0.1, -0.05) is 26.2 Å². The number of carbonyl (C=O) groups is 2. The Bertz CT molecular complexity index is 818. The summed E-state index contributed by atoms with van der Waals surface area (Å²) in [4.78, 5) is 22.9. The second-order valence-electron chi connectivity index (χ2n) is 9.25. The van der Waals surface area contributed by atoms with Crippen LogP contribution in [0.5, 0.6) is 0 Å². The van der Waals surface area contributed by atoms with Gasteiger partial charge in [0.25, 0.3) is 0 Å². The van der Waals surface area contributed by atoms with E-state index in [1.807, 2.05) is 6.92 Å². The van der Waals surface area contributed by atoms with E-state index in [2.05, 4.69) is 4.74 Å². The summed E-state index contributed by atoms with van der Waals surface area (Å²) in [6, 6.07) is 0. The lowest BCUT2D eigenvalue weighted by molar-refractivity contribution is -0.902. The van der Waals surface area contributed by atoms with E-state index in [0.717, 1.165) is 19.3 Å². The van der Waals surface area contributed by atoms with Crippen molar-refractivity contribution in [2.24, 2.45) is 0 Å². The molecule has 0 heterocycles. The van der Waals surface area contributed by atoms with Crippen molar-refractivity contribution in [1.82, 2.24) is 0 Å². The zero-order chi connectivity index (χ0) is 31.1. The van der Waals surface area contributed by atoms with Gasteiger partial charge in [0.15, 0.2) is 6.54 Å². The number of hydrogen-bond acceptors (Lipinski definition) is 3. The molecule has 0 aliphatic rings. The fraction of sp³-hybridized carbons (Fsp3) is 0.905.